The van der Waals surface area contributed by atoms with Gasteiger partial charge in [-0.1, -0.05) is 35.6 Å². The number of amides is 1. The average Bonchev–Trinajstić information content (AvgIpc) is 3.03. The molecule has 0 saturated heterocycles. The molecule has 144 valence electrons. The van der Waals surface area contributed by atoms with Crippen LogP contribution in [-0.4, -0.2) is 27.0 Å². The Bertz CT molecular complexity index is 1410. The smallest absolute Gasteiger partial charge is 0.330 e. The Morgan fingerprint density at radius 1 is 1.21 bits per heavy atom. The van der Waals surface area contributed by atoms with Crippen molar-refractivity contribution < 1.29 is 9.90 Å². The van der Waals surface area contributed by atoms with Gasteiger partial charge in [0.05, 0.1) is 16.4 Å². The third-order valence-electron chi connectivity index (χ3n) is 4.48. The number of carbonyl (C=O) groups is 1. The van der Waals surface area contributed by atoms with E-state index in [0.29, 0.717) is 21.6 Å². The lowest BCUT2D eigenvalue weighted by molar-refractivity contribution is 0.0949. The second-order valence-electron chi connectivity index (χ2n) is 6.36. The fourth-order valence-electron chi connectivity index (χ4n) is 3.15. The lowest BCUT2D eigenvalue weighted by Gasteiger charge is -2.07. The van der Waals surface area contributed by atoms with E-state index in [2.05, 4.69) is 22.1 Å². The first-order chi connectivity index (χ1) is 14.0. The fraction of sp³-hybridized carbons (Fsp3) is 0.0952. The highest BCUT2D eigenvalue weighted by Crippen LogP contribution is 2.19. The number of aromatic amines is 1. The molecule has 0 unspecified atom stereocenters. The van der Waals surface area contributed by atoms with Gasteiger partial charge in [-0.05, 0) is 29.8 Å². The van der Waals surface area contributed by atoms with Gasteiger partial charge in [-0.15, -0.1) is 0 Å². The van der Waals surface area contributed by atoms with Gasteiger partial charge in [-0.3, -0.25) is 14.0 Å². The summed E-state index contributed by atoms with van der Waals surface area (Å²) in [5.41, 5.74) is 0.964. The number of aliphatic hydroxyl groups excluding tert-OH is 1. The molecule has 0 aliphatic rings. The number of aromatic nitrogens is 2. The number of nitrogens with one attached hydrogen (secondary N) is 2. The summed E-state index contributed by atoms with van der Waals surface area (Å²) in [6.45, 7) is -0.135. The van der Waals surface area contributed by atoms with Gasteiger partial charge in [0.15, 0.2) is 0 Å². The van der Waals surface area contributed by atoms with E-state index in [1.165, 1.54) is 16.7 Å². The van der Waals surface area contributed by atoms with E-state index in [0.717, 1.165) is 5.56 Å². The Labute approximate surface area is 168 Å². The molecule has 2 aromatic carbocycles. The van der Waals surface area contributed by atoms with E-state index in [4.69, 9.17) is 16.7 Å². The van der Waals surface area contributed by atoms with Crippen LogP contribution in [0.5, 0.6) is 0 Å². The van der Waals surface area contributed by atoms with Crippen LogP contribution >= 0.6 is 11.6 Å². The number of rotatable bonds is 3. The lowest BCUT2D eigenvalue weighted by Crippen LogP contribution is -2.29. The average molecular weight is 408 g/mol. The largest absolute Gasteiger partial charge is 0.384 e. The predicted molar refractivity (Wildman–Crippen MR) is 110 cm³/mol. The van der Waals surface area contributed by atoms with Crippen LogP contribution < -0.4 is 16.4 Å². The van der Waals surface area contributed by atoms with E-state index in [9.17, 15) is 14.4 Å². The van der Waals surface area contributed by atoms with Gasteiger partial charge in [0.1, 0.15) is 12.2 Å². The highest BCUT2D eigenvalue weighted by molar-refractivity contribution is 6.30. The van der Waals surface area contributed by atoms with Crippen molar-refractivity contribution in [3.63, 3.8) is 0 Å². The molecule has 1 amide bonds. The molecule has 0 bridgehead atoms. The molecule has 4 aromatic rings. The van der Waals surface area contributed by atoms with E-state index in [1.807, 2.05) is 0 Å². The van der Waals surface area contributed by atoms with Gasteiger partial charge in [0.25, 0.3) is 5.91 Å². The molecule has 0 fully saturated rings. The van der Waals surface area contributed by atoms with Crippen molar-refractivity contribution in [3.05, 3.63) is 85.0 Å². The van der Waals surface area contributed by atoms with Crippen LogP contribution in [0.2, 0.25) is 5.02 Å². The van der Waals surface area contributed by atoms with Crippen LogP contribution in [0.4, 0.5) is 0 Å². The summed E-state index contributed by atoms with van der Waals surface area (Å²) in [4.78, 5) is 40.6. The molecule has 2 heterocycles. The van der Waals surface area contributed by atoms with Gasteiger partial charge in [0.2, 0.25) is 5.43 Å². The van der Waals surface area contributed by atoms with Gasteiger partial charge in [-0.25, -0.2) is 4.79 Å². The maximum atomic E-state index is 13.0. The van der Waals surface area contributed by atoms with E-state index >= 15 is 0 Å². The molecular weight excluding hydrogens is 394 g/mol. The predicted octanol–water partition coefficient (Wildman–Crippen LogP) is 1.51. The molecule has 29 heavy (non-hydrogen) atoms. The molecule has 0 saturated carbocycles. The summed E-state index contributed by atoms with van der Waals surface area (Å²) in [5, 5.41) is 12.4. The Morgan fingerprint density at radius 3 is 2.69 bits per heavy atom. The minimum absolute atomic E-state index is 0.151. The normalized spacial score (nSPS) is 10.8. The zero-order valence-electron chi connectivity index (χ0n) is 15.0. The van der Waals surface area contributed by atoms with Crippen molar-refractivity contribution in [2.75, 3.05) is 6.61 Å². The van der Waals surface area contributed by atoms with Crippen molar-refractivity contribution in [2.45, 2.75) is 6.54 Å². The van der Waals surface area contributed by atoms with Crippen LogP contribution in [-0.2, 0) is 6.54 Å². The number of benzene rings is 2. The lowest BCUT2D eigenvalue weighted by atomic mass is 10.1. The number of hydrogen-bond donors (Lipinski definition) is 3. The monoisotopic (exact) mass is 407 g/mol. The number of halogens is 1. The zero-order chi connectivity index (χ0) is 20.5. The second-order valence-corrected chi connectivity index (χ2v) is 6.80. The van der Waals surface area contributed by atoms with E-state index in [-0.39, 0.29) is 24.1 Å². The minimum Gasteiger partial charge on any atom is -0.384 e. The maximum Gasteiger partial charge on any atom is 0.330 e. The van der Waals surface area contributed by atoms with E-state index in [1.54, 1.807) is 30.3 Å². The molecule has 0 atom stereocenters. The van der Waals surface area contributed by atoms with Crippen molar-refractivity contribution in [1.29, 1.82) is 0 Å². The van der Waals surface area contributed by atoms with Crippen LogP contribution in [0, 0.1) is 11.8 Å². The number of nitrogens with zero attached hydrogens (tertiary/aromatic N) is 1. The molecule has 0 aliphatic heterocycles. The van der Waals surface area contributed by atoms with Crippen molar-refractivity contribution >= 4 is 33.9 Å². The third kappa shape index (κ3) is 3.47. The van der Waals surface area contributed by atoms with Crippen LogP contribution in [0.1, 0.15) is 21.5 Å². The minimum atomic E-state index is -0.594. The Kier molecular flexibility index (Phi) is 4.80. The topological polar surface area (TPSA) is 104 Å². The number of pyridine rings is 1. The molecule has 7 nitrogen and oxygen atoms in total. The highest BCUT2D eigenvalue weighted by Gasteiger charge is 2.18. The maximum absolute atomic E-state index is 13.0. The summed E-state index contributed by atoms with van der Waals surface area (Å²) < 4.78 is 1.24. The quantitative estimate of drug-likeness (QED) is 0.448. The number of H-pyrrole nitrogens is 1. The van der Waals surface area contributed by atoms with Crippen molar-refractivity contribution in [2.24, 2.45) is 0 Å². The number of aliphatic hydroxyl groups is 1. The number of carbonyl (C=O) groups excluding carboxylic acids is 1. The molecule has 0 spiro atoms. The first kappa shape index (κ1) is 18.7. The first-order valence-electron chi connectivity index (χ1n) is 8.65. The van der Waals surface area contributed by atoms with Crippen LogP contribution in [0.25, 0.3) is 16.4 Å². The molecule has 2 aromatic heterocycles. The second kappa shape index (κ2) is 7.43. The SMILES string of the molecule is O=C(NCc1ccc(Cl)cc1)c1cn2c(=O)[nH]c3cc(C#CCO)cc(c1=O)c32. The molecule has 8 heteroatoms. The molecule has 3 N–H and O–H groups in total. The van der Waals surface area contributed by atoms with Crippen LogP contribution in [0.3, 0.4) is 0 Å². The Hall–Kier alpha value is -3.60. The molecular formula is C21H14ClN3O4. The Morgan fingerprint density at radius 2 is 1.97 bits per heavy atom. The first-order valence-corrected chi connectivity index (χ1v) is 9.03. The van der Waals surface area contributed by atoms with Gasteiger partial charge < -0.3 is 15.4 Å². The van der Waals surface area contributed by atoms with Gasteiger partial charge >= 0.3 is 5.69 Å². The highest BCUT2D eigenvalue weighted by atomic mass is 35.5. The molecule has 4 rings (SSSR count). The zero-order valence-corrected chi connectivity index (χ0v) is 15.7. The number of hydrogen-bond acceptors (Lipinski definition) is 4. The summed E-state index contributed by atoms with van der Waals surface area (Å²) in [5.74, 6) is 4.63. The van der Waals surface area contributed by atoms with Gasteiger partial charge in [0, 0.05) is 23.3 Å². The van der Waals surface area contributed by atoms with Crippen LogP contribution in [0.15, 0.2) is 52.2 Å². The molecule has 0 aliphatic carbocycles. The summed E-state index contributed by atoms with van der Waals surface area (Å²) in [6, 6.07) is 10.1. The van der Waals surface area contributed by atoms with Crippen molar-refractivity contribution in [1.82, 2.24) is 14.7 Å². The summed E-state index contributed by atoms with van der Waals surface area (Å²) in [6.07, 6.45) is 1.24. The summed E-state index contributed by atoms with van der Waals surface area (Å²) in [7, 11) is 0. The molecule has 0 radical (unpaired) electrons. The summed E-state index contributed by atoms with van der Waals surface area (Å²) >= 11 is 5.85. The van der Waals surface area contributed by atoms with E-state index < -0.39 is 17.0 Å². The Balaban J connectivity index is 1.78. The fourth-order valence-corrected chi connectivity index (χ4v) is 3.28. The van der Waals surface area contributed by atoms with Gasteiger partial charge in [-0.2, -0.15) is 0 Å². The number of imidazole rings is 1. The third-order valence-corrected chi connectivity index (χ3v) is 4.73. The van der Waals surface area contributed by atoms with Crippen molar-refractivity contribution in [3.8, 4) is 11.8 Å². The standard InChI is InChI=1S/C21H14ClN3O4/c22-14-5-3-12(4-6-14)10-23-20(28)16-11-25-18-15(19(16)27)8-13(2-1-7-26)9-17(18)24-21(25)29/h3-6,8-9,11,26H,7,10H2,(H,23,28)(H,24,29).